The van der Waals surface area contributed by atoms with Gasteiger partial charge in [0, 0.05) is 12.1 Å². The van der Waals surface area contributed by atoms with Gasteiger partial charge in [-0.15, -0.1) is 0 Å². The highest BCUT2D eigenvalue weighted by atomic mass is 32.2. The number of non-ortho nitro benzene ring substituents is 1. The first-order chi connectivity index (χ1) is 20.8. The number of amides is 2. The maximum atomic E-state index is 12.7. The summed E-state index contributed by atoms with van der Waals surface area (Å²) < 4.78 is 36.5. The van der Waals surface area contributed by atoms with E-state index in [9.17, 15) is 33.2 Å². The predicted molar refractivity (Wildman–Crippen MR) is 163 cm³/mol. The highest BCUT2D eigenvalue weighted by Gasteiger charge is 2.32. The molecule has 13 heteroatoms. The number of sulfonamides is 1. The van der Waals surface area contributed by atoms with Gasteiger partial charge >= 0.3 is 6.09 Å². The van der Waals surface area contributed by atoms with Crippen LogP contribution < -0.4 is 15.2 Å². The molecule has 0 spiro atoms. The third kappa shape index (κ3) is 8.77. The van der Waals surface area contributed by atoms with Crippen LogP contribution >= 0.6 is 0 Å². The van der Waals surface area contributed by atoms with Crippen LogP contribution in [0.1, 0.15) is 60.0 Å². The monoisotopic (exact) mass is 625 g/mol. The molecule has 0 bridgehead atoms. The summed E-state index contributed by atoms with van der Waals surface area (Å²) in [6, 6.07) is 17.9. The molecular formula is C31H35N3O9S. The maximum Gasteiger partial charge on any atom is 0.404 e. The van der Waals surface area contributed by atoms with Gasteiger partial charge in [0.1, 0.15) is 18.0 Å². The van der Waals surface area contributed by atoms with Crippen molar-refractivity contribution in [1.29, 1.82) is 0 Å². The molecule has 0 unspecified atom stereocenters. The van der Waals surface area contributed by atoms with Crippen LogP contribution in [0.4, 0.5) is 10.5 Å². The summed E-state index contributed by atoms with van der Waals surface area (Å²) >= 11 is 0. The second-order valence-electron chi connectivity index (χ2n) is 10.9. The number of carbonyl (C=O) groups is 2. The molecule has 0 saturated heterocycles. The van der Waals surface area contributed by atoms with Gasteiger partial charge in [0.15, 0.2) is 0 Å². The molecular weight excluding hydrogens is 590 g/mol. The van der Waals surface area contributed by atoms with Crippen molar-refractivity contribution >= 4 is 27.7 Å². The van der Waals surface area contributed by atoms with E-state index in [1.807, 2.05) is 29.0 Å². The summed E-state index contributed by atoms with van der Waals surface area (Å²) in [5, 5.41) is 22.7. The lowest BCUT2D eigenvalue weighted by atomic mass is 9.87. The van der Waals surface area contributed by atoms with Crippen LogP contribution in [0.25, 0.3) is 11.1 Å². The molecule has 1 atom stereocenters. The average molecular weight is 626 g/mol. The highest BCUT2D eigenvalue weighted by Crippen LogP contribution is 2.33. The fourth-order valence-electron chi connectivity index (χ4n) is 5.19. The zero-order valence-electron chi connectivity index (χ0n) is 24.2. The molecule has 0 radical (unpaired) electrons. The minimum absolute atomic E-state index is 0.0737. The minimum Gasteiger partial charge on any atom is -0.490 e. The molecule has 4 rings (SSSR count). The Morgan fingerprint density at radius 3 is 2.36 bits per heavy atom. The molecule has 1 aliphatic carbocycles. The number of carbonyl (C=O) groups excluding carboxylic acids is 2. The Bertz CT molecular complexity index is 1620. The number of benzene rings is 3. The number of aryl methyl sites for hydroxylation is 1. The molecule has 0 aromatic heterocycles. The SMILES string of the molecule is CS(=O)(=O)NC(=O)c1ccc(-c2ccc(CC[C@](O)(COC(N)=O)c3cccc([N+](=O)[O-])c3)cc2)cc1OC1CCCCC1. The van der Waals surface area contributed by atoms with E-state index in [0.29, 0.717) is 12.2 Å². The second-order valence-corrected chi connectivity index (χ2v) is 12.7. The predicted octanol–water partition coefficient (Wildman–Crippen LogP) is 4.58. The minimum atomic E-state index is -3.77. The van der Waals surface area contributed by atoms with Crippen molar-refractivity contribution in [3.05, 3.63) is 93.5 Å². The van der Waals surface area contributed by atoms with Crippen LogP contribution in [0.3, 0.4) is 0 Å². The number of primary amides is 1. The molecule has 12 nitrogen and oxygen atoms in total. The van der Waals surface area contributed by atoms with Gasteiger partial charge < -0.3 is 20.3 Å². The van der Waals surface area contributed by atoms with E-state index in [4.69, 9.17) is 15.2 Å². The summed E-state index contributed by atoms with van der Waals surface area (Å²) in [7, 11) is -3.77. The Morgan fingerprint density at radius 1 is 1.05 bits per heavy atom. The summed E-state index contributed by atoms with van der Waals surface area (Å²) in [6.07, 6.45) is 5.01. The standard InChI is InChI=1S/C31H35N3O9S/c1-44(40,41)33-29(35)27-15-14-23(18-28(27)43-26-8-3-2-4-9-26)22-12-10-21(11-13-22)16-17-31(37,20-42-30(32)36)24-6-5-7-25(19-24)34(38)39/h5-7,10-15,18-19,26,37H,2-4,8-9,16-17,20H2,1H3,(H2,32,36)(H,33,35)/t31-/m0/s1. The van der Waals surface area contributed by atoms with Crippen LogP contribution in [0.15, 0.2) is 66.7 Å². The van der Waals surface area contributed by atoms with Crippen LogP contribution in [0, 0.1) is 10.1 Å². The van der Waals surface area contributed by atoms with E-state index in [1.165, 1.54) is 24.3 Å². The second kappa shape index (κ2) is 13.9. The fourth-order valence-corrected chi connectivity index (χ4v) is 5.63. The first kappa shape index (κ1) is 32.4. The Labute approximate surface area is 255 Å². The lowest BCUT2D eigenvalue weighted by Crippen LogP contribution is -2.34. The lowest BCUT2D eigenvalue weighted by molar-refractivity contribution is -0.385. The normalized spacial score (nSPS) is 15.1. The van der Waals surface area contributed by atoms with E-state index in [2.05, 4.69) is 0 Å². The van der Waals surface area contributed by atoms with Crippen LogP contribution in [-0.4, -0.2) is 49.4 Å². The first-order valence-electron chi connectivity index (χ1n) is 14.1. The van der Waals surface area contributed by atoms with Gasteiger partial charge in [-0.3, -0.25) is 14.9 Å². The molecule has 1 saturated carbocycles. The van der Waals surface area contributed by atoms with E-state index >= 15 is 0 Å². The molecule has 44 heavy (non-hydrogen) atoms. The van der Waals surface area contributed by atoms with Gasteiger partial charge in [-0.2, -0.15) is 0 Å². The average Bonchev–Trinajstić information content (AvgIpc) is 2.99. The highest BCUT2D eigenvalue weighted by molar-refractivity contribution is 7.89. The van der Waals surface area contributed by atoms with E-state index < -0.39 is 39.2 Å². The Morgan fingerprint density at radius 2 is 1.73 bits per heavy atom. The van der Waals surface area contributed by atoms with Crippen molar-refractivity contribution in [1.82, 2.24) is 4.72 Å². The van der Waals surface area contributed by atoms with Crippen molar-refractivity contribution < 1.29 is 37.5 Å². The third-order valence-corrected chi connectivity index (χ3v) is 8.07. The topological polar surface area (TPSA) is 188 Å². The van der Waals surface area contributed by atoms with Gasteiger partial charge in [-0.1, -0.05) is 48.9 Å². The number of nitro benzene ring substituents is 1. The van der Waals surface area contributed by atoms with Gasteiger partial charge in [0.25, 0.3) is 11.6 Å². The molecule has 4 N–H and O–H groups in total. The smallest absolute Gasteiger partial charge is 0.404 e. The number of rotatable bonds is 12. The van der Waals surface area contributed by atoms with Gasteiger partial charge in [0.05, 0.1) is 22.8 Å². The lowest BCUT2D eigenvalue weighted by Gasteiger charge is -2.28. The first-order valence-corrected chi connectivity index (χ1v) is 16.0. The molecule has 1 aliphatic rings. The quantitative estimate of drug-likeness (QED) is 0.191. The van der Waals surface area contributed by atoms with Crippen LogP contribution in [0.2, 0.25) is 0 Å². The molecule has 3 aromatic carbocycles. The Balaban J connectivity index is 1.55. The third-order valence-electron chi connectivity index (χ3n) is 7.51. The Kier molecular flexibility index (Phi) is 10.2. The van der Waals surface area contributed by atoms with Crippen LogP contribution in [0.5, 0.6) is 5.75 Å². The van der Waals surface area contributed by atoms with Crippen molar-refractivity contribution in [2.24, 2.45) is 5.73 Å². The molecule has 1 fully saturated rings. The number of hydrogen-bond acceptors (Lipinski definition) is 9. The number of ether oxygens (including phenoxy) is 2. The number of nitro groups is 1. The number of hydrogen-bond donors (Lipinski definition) is 3. The summed E-state index contributed by atoms with van der Waals surface area (Å²) in [6.45, 7) is -0.482. The van der Waals surface area contributed by atoms with Crippen molar-refractivity contribution in [2.75, 3.05) is 12.9 Å². The van der Waals surface area contributed by atoms with Crippen molar-refractivity contribution in [3.8, 4) is 16.9 Å². The van der Waals surface area contributed by atoms with Gasteiger partial charge in [-0.25, -0.2) is 17.9 Å². The van der Waals surface area contributed by atoms with E-state index in [-0.39, 0.29) is 29.3 Å². The van der Waals surface area contributed by atoms with Crippen LogP contribution in [-0.2, 0) is 26.8 Å². The number of nitrogens with zero attached hydrogens (tertiary/aromatic N) is 1. The molecule has 234 valence electrons. The maximum absolute atomic E-state index is 12.7. The van der Waals surface area contributed by atoms with Crippen molar-refractivity contribution in [2.45, 2.75) is 56.7 Å². The van der Waals surface area contributed by atoms with E-state index in [1.54, 1.807) is 18.2 Å². The van der Waals surface area contributed by atoms with Gasteiger partial charge in [-0.05, 0) is 72.9 Å². The summed E-state index contributed by atoms with van der Waals surface area (Å²) in [5.74, 6) is -0.465. The largest absolute Gasteiger partial charge is 0.490 e. The zero-order valence-corrected chi connectivity index (χ0v) is 25.0. The zero-order chi connectivity index (χ0) is 31.9. The molecule has 0 heterocycles. The summed E-state index contributed by atoms with van der Waals surface area (Å²) in [5.41, 5.74) is 5.91. The van der Waals surface area contributed by atoms with Crippen molar-refractivity contribution in [3.63, 3.8) is 0 Å². The molecule has 2 amide bonds. The number of nitrogens with one attached hydrogen (secondary N) is 1. The molecule has 3 aromatic rings. The summed E-state index contributed by atoms with van der Waals surface area (Å²) in [4.78, 5) is 34.7. The van der Waals surface area contributed by atoms with E-state index in [0.717, 1.165) is 55.1 Å². The molecule has 0 aliphatic heterocycles. The Hall–Kier alpha value is -4.49. The fraction of sp³-hybridized carbons (Fsp3) is 0.355. The number of nitrogens with two attached hydrogens (primary N) is 1. The van der Waals surface area contributed by atoms with Gasteiger partial charge in [0.2, 0.25) is 10.0 Å². The number of aliphatic hydroxyl groups is 1.